The number of fused-ring (bicyclic) bond motifs is 3. The van der Waals surface area contributed by atoms with Gasteiger partial charge in [0.05, 0.1) is 17.6 Å². The van der Waals surface area contributed by atoms with E-state index in [-0.39, 0.29) is 25.1 Å². The first-order valence-electron chi connectivity index (χ1n) is 9.75. The van der Waals surface area contributed by atoms with Crippen molar-refractivity contribution in [2.24, 2.45) is 17.8 Å². The van der Waals surface area contributed by atoms with Crippen LogP contribution in [0.4, 0.5) is 5.95 Å². The van der Waals surface area contributed by atoms with E-state index < -0.39 is 0 Å². The number of aromatic nitrogens is 2. The van der Waals surface area contributed by atoms with Gasteiger partial charge in [-0.1, -0.05) is 18.6 Å². The second kappa shape index (κ2) is 7.27. The highest BCUT2D eigenvalue weighted by Crippen LogP contribution is 2.49. The molecule has 3 N–H and O–H groups in total. The summed E-state index contributed by atoms with van der Waals surface area (Å²) in [4.78, 5) is 17.3. The van der Waals surface area contributed by atoms with Crippen LogP contribution < -0.4 is 10.6 Å². The van der Waals surface area contributed by atoms with Crippen molar-refractivity contribution in [3.05, 3.63) is 24.3 Å². The Morgan fingerprint density at radius 3 is 2.92 bits per heavy atom. The lowest BCUT2D eigenvalue weighted by atomic mass is 9.84. The van der Waals surface area contributed by atoms with E-state index in [9.17, 15) is 4.79 Å². The Kier molecular flexibility index (Phi) is 4.85. The topological polar surface area (TPSA) is 79.2 Å². The molecule has 0 unspecified atom stereocenters. The Morgan fingerprint density at radius 2 is 2.19 bits per heavy atom. The Hall–Kier alpha value is -2.08. The third-order valence-corrected chi connectivity index (χ3v) is 6.17. The maximum Gasteiger partial charge on any atom is 0.240 e. The molecule has 2 aromatic rings. The first kappa shape index (κ1) is 17.3. The summed E-state index contributed by atoms with van der Waals surface area (Å²) in [7, 11) is 0. The van der Waals surface area contributed by atoms with Crippen molar-refractivity contribution in [2.75, 3.05) is 18.5 Å². The van der Waals surface area contributed by atoms with Crippen LogP contribution in [0.25, 0.3) is 11.0 Å². The van der Waals surface area contributed by atoms with E-state index in [1.807, 2.05) is 28.8 Å². The lowest BCUT2D eigenvalue weighted by Gasteiger charge is -2.28. The molecule has 1 amide bonds. The van der Waals surface area contributed by atoms with Crippen molar-refractivity contribution < 1.29 is 9.90 Å². The first-order valence-corrected chi connectivity index (χ1v) is 9.75. The normalized spacial score (nSPS) is 25.5. The predicted molar refractivity (Wildman–Crippen MR) is 102 cm³/mol. The molecule has 0 spiro atoms. The second-order valence-corrected chi connectivity index (χ2v) is 7.86. The summed E-state index contributed by atoms with van der Waals surface area (Å²) in [5.41, 5.74) is 1.78. The van der Waals surface area contributed by atoms with Crippen LogP contribution in [0.2, 0.25) is 0 Å². The van der Waals surface area contributed by atoms with Crippen LogP contribution in [0, 0.1) is 17.8 Å². The maximum absolute atomic E-state index is 12.7. The number of aliphatic hydroxyl groups excluding tert-OH is 1. The fourth-order valence-electron chi connectivity index (χ4n) is 4.99. The van der Waals surface area contributed by atoms with Gasteiger partial charge in [0.25, 0.3) is 0 Å². The summed E-state index contributed by atoms with van der Waals surface area (Å²) in [5.74, 6) is 2.96. The van der Waals surface area contributed by atoms with Crippen molar-refractivity contribution in [1.82, 2.24) is 14.9 Å². The largest absolute Gasteiger partial charge is 0.395 e. The summed E-state index contributed by atoms with van der Waals surface area (Å²) in [6, 6.07) is 8.02. The van der Waals surface area contributed by atoms with Gasteiger partial charge in [0, 0.05) is 12.6 Å². The van der Waals surface area contributed by atoms with E-state index in [1.165, 1.54) is 25.7 Å². The van der Waals surface area contributed by atoms with Gasteiger partial charge in [0.15, 0.2) is 0 Å². The molecule has 2 bridgehead atoms. The van der Waals surface area contributed by atoms with E-state index in [1.54, 1.807) is 0 Å². The molecular formula is C20H28N4O2. The highest BCUT2D eigenvalue weighted by atomic mass is 16.3. The Bertz CT molecular complexity index is 787. The number of rotatable bonds is 7. The van der Waals surface area contributed by atoms with E-state index in [2.05, 4.69) is 22.5 Å². The van der Waals surface area contributed by atoms with Gasteiger partial charge in [0.2, 0.25) is 11.9 Å². The molecule has 1 aromatic carbocycles. The molecule has 2 aliphatic carbocycles. The van der Waals surface area contributed by atoms with Gasteiger partial charge in [0.1, 0.15) is 6.54 Å². The fourth-order valence-corrected chi connectivity index (χ4v) is 4.99. The molecule has 2 fully saturated rings. The van der Waals surface area contributed by atoms with E-state index in [0.29, 0.717) is 18.4 Å². The van der Waals surface area contributed by atoms with Gasteiger partial charge in [-0.3, -0.25) is 4.79 Å². The third kappa shape index (κ3) is 3.30. The number of hydrogen-bond donors (Lipinski definition) is 3. The molecule has 0 radical (unpaired) electrons. The minimum atomic E-state index is 0.0236. The quantitative estimate of drug-likeness (QED) is 0.712. The average Bonchev–Trinajstić information content (AvgIpc) is 3.34. The van der Waals surface area contributed by atoms with Crippen LogP contribution >= 0.6 is 0 Å². The number of carbonyl (C=O) groups is 1. The van der Waals surface area contributed by atoms with Gasteiger partial charge in [-0.2, -0.15) is 0 Å². The minimum Gasteiger partial charge on any atom is -0.395 e. The fraction of sp³-hybridized carbons (Fsp3) is 0.600. The van der Waals surface area contributed by atoms with E-state index in [4.69, 9.17) is 5.11 Å². The summed E-state index contributed by atoms with van der Waals surface area (Å²) in [6.45, 7) is 2.82. The number of aliphatic hydroxyl groups is 1. The minimum absolute atomic E-state index is 0.0236. The zero-order valence-corrected chi connectivity index (χ0v) is 15.3. The Balaban J connectivity index is 1.46. The van der Waals surface area contributed by atoms with Gasteiger partial charge < -0.3 is 20.3 Å². The van der Waals surface area contributed by atoms with E-state index in [0.717, 1.165) is 22.9 Å². The van der Waals surface area contributed by atoms with Crippen molar-refractivity contribution in [2.45, 2.75) is 45.2 Å². The van der Waals surface area contributed by atoms with Crippen LogP contribution in [-0.4, -0.2) is 39.8 Å². The van der Waals surface area contributed by atoms with E-state index >= 15 is 0 Å². The third-order valence-electron chi connectivity index (χ3n) is 6.17. The van der Waals surface area contributed by atoms with Crippen molar-refractivity contribution in [1.29, 1.82) is 0 Å². The number of anilines is 1. The molecular weight excluding hydrogens is 328 g/mol. The molecule has 2 aliphatic rings. The number of carbonyl (C=O) groups excluding carboxylic acids is 1. The predicted octanol–water partition coefficient (Wildman–Crippen LogP) is 2.38. The number of hydrogen-bond acceptors (Lipinski definition) is 4. The van der Waals surface area contributed by atoms with Crippen LogP contribution in [0.5, 0.6) is 0 Å². The number of imidazole rings is 1. The molecule has 0 saturated heterocycles. The summed E-state index contributed by atoms with van der Waals surface area (Å²) in [5, 5.41) is 15.4. The zero-order valence-electron chi connectivity index (χ0n) is 15.3. The van der Waals surface area contributed by atoms with Gasteiger partial charge in [-0.15, -0.1) is 0 Å². The van der Waals surface area contributed by atoms with Crippen LogP contribution in [0.3, 0.4) is 0 Å². The number of benzene rings is 1. The van der Waals surface area contributed by atoms with Crippen LogP contribution in [0.15, 0.2) is 24.3 Å². The zero-order chi connectivity index (χ0) is 18.1. The maximum atomic E-state index is 12.7. The highest BCUT2D eigenvalue weighted by Gasteiger charge is 2.42. The van der Waals surface area contributed by atoms with Gasteiger partial charge in [-0.25, -0.2) is 4.98 Å². The van der Waals surface area contributed by atoms with Crippen molar-refractivity contribution in [3.8, 4) is 0 Å². The molecule has 6 nitrogen and oxygen atoms in total. The lowest BCUT2D eigenvalue weighted by Crippen LogP contribution is -2.41. The second-order valence-electron chi connectivity index (χ2n) is 7.86. The van der Waals surface area contributed by atoms with Crippen molar-refractivity contribution >= 4 is 22.9 Å². The first-order chi connectivity index (χ1) is 12.7. The summed E-state index contributed by atoms with van der Waals surface area (Å²) < 4.78 is 1.90. The average molecular weight is 356 g/mol. The smallest absolute Gasteiger partial charge is 0.240 e. The summed E-state index contributed by atoms with van der Waals surface area (Å²) in [6.07, 6.45) is 5.33. The Labute approximate surface area is 154 Å². The van der Waals surface area contributed by atoms with Gasteiger partial charge >= 0.3 is 0 Å². The van der Waals surface area contributed by atoms with Crippen LogP contribution in [0.1, 0.15) is 32.6 Å². The SMILES string of the molecule is C[C@@H](NC(=O)Cn1c(NCCO)nc2ccccc21)[C@@H]1C[C@H]2CC[C@H]1C2. The molecule has 1 heterocycles. The number of amides is 1. The molecule has 6 heteroatoms. The number of para-hydroxylation sites is 2. The number of nitrogens with zero attached hydrogens (tertiary/aromatic N) is 2. The molecule has 26 heavy (non-hydrogen) atoms. The number of nitrogens with one attached hydrogen (secondary N) is 2. The van der Waals surface area contributed by atoms with Crippen molar-refractivity contribution in [3.63, 3.8) is 0 Å². The molecule has 1 aromatic heterocycles. The molecule has 2 saturated carbocycles. The molecule has 140 valence electrons. The lowest BCUT2D eigenvalue weighted by molar-refractivity contribution is -0.122. The molecule has 4 atom stereocenters. The monoisotopic (exact) mass is 356 g/mol. The molecule has 4 rings (SSSR count). The summed E-state index contributed by atoms with van der Waals surface area (Å²) >= 11 is 0. The van der Waals surface area contributed by atoms with Gasteiger partial charge in [-0.05, 0) is 56.1 Å². The Morgan fingerprint density at radius 1 is 1.35 bits per heavy atom. The van der Waals surface area contributed by atoms with Crippen LogP contribution in [-0.2, 0) is 11.3 Å². The highest BCUT2D eigenvalue weighted by molar-refractivity contribution is 5.83. The standard InChI is InChI=1S/C20H28N4O2/c1-13(16-11-14-6-7-15(16)10-14)22-19(26)12-24-18-5-3-2-4-17(18)23-20(24)21-8-9-25/h2-5,13-16,25H,6-12H2,1H3,(H,21,23)(H,22,26)/t13-,14+,15+,16+/m1/s1. The molecule has 0 aliphatic heterocycles.